The Morgan fingerprint density at radius 3 is 2.64 bits per heavy atom. The number of aliphatic hydroxyl groups is 1. The van der Waals surface area contributed by atoms with E-state index in [0.717, 1.165) is 5.56 Å². The first-order valence-corrected chi connectivity index (χ1v) is 7.81. The molecule has 25 heavy (non-hydrogen) atoms. The quantitative estimate of drug-likeness (QED) is 0.698. The first-order valence-electron chi connectivity index (χ1n) is 11.3. The van der Waals surface area contributed by atoms with E-state index < -0.39 is 38.2 Å². The van der Waals surface area contributed by atoms with Gasteiger partial charge in [-0.15, -0.1) is 0 Å². The molecule has 1 atom stereocenters. The maximum atomic E-state index is 10.5. The summed E-state index contributed by atoms with van der Waals surface area (Å²) in [6.07, 6.45) is -12.2. The minimum absolute atomic E-state index is 0.0968. The Kier molecular flexibility index (Phi) is 4.54. The SMILES string of the molecule is [2H]C([2H])(CC([2H])([2H])C([2H])([2H])c1ccc(OC)c(OC)c1)C([2H])(O)COc1cccc(C)c1. The fourth-order valence-corrected chi connectivity index (χ4v) is 2.11. The van der Waals surface area contributed by atoms with Crippen LogP contribution in [-0.4, -0.2) is 32.0 Å². The van der Waals surface area contributed by atoms with Crippen LogP contribution in [0.3, 0.4) is 0 Å². The highest BCUT2D eigenvalue weighted by Gasteiger charge is 2.07. The summed E-state index contributed by atoms with van der Waals surface area (Å²) in [5.74, 6) is 0.850. The van der Waals surface area contributed by atoms with Crippen LogP contribution in [0.4, 0.5) is 0 Å². The lowest BCUT2D eigenvalue weighted by molar-refractivity contribution is 0.0976. The molecule has 0 bridgehead atoms. The van der Waals surface area contributed by atoms with Crippen LogP contribution in [0, 0.1) is 6.92 Å². The highest BCUT2D eigenvalue weighted by Crippen LogP contribution is 2.28. The molecule has 0 aromatic heterocycles. The lowest BCUT2D eigenvalue weighted by Gasteiger charge is -2.13. The van der Waals surface area contributed by atoms with Gasteiger partial charge in [-0.25, -0.2) is 0 Å². The van der Waals surface area contributed by atoms with Crippen LogP contribution in [0.2, 0.25) is 0 Å². The Hall–Kier alpha value is -2.20. The molecule has 2 aromatic carbocycles. The first kappa shape index (κ1) is 11.4. The maximum absolute atomic E-state index is 10.5. The van der Waals surface area contributed by atoms with Crippen molar-refractivity contribution in [1.82, 2.24) is 0 Å². The Labute approximate surface area is 160 Å². The van der Waals surface area contributed by atoms with Gasteiger partial charge in [-0.3, -0.25) is 0 Å². The van der Waals surface area contributed by atoms with Crippen molar-refractivity contribution >= 4 is 0 Å². The van der Waals surface area contributed by atoms with Gasteiger partial charge in [0.15, 0.2) is 11.5 Å². The molecule has 0 heterocycles. The fraction of sp³-hybridized carbons (Fsp3) is 0.429. The van der Waals surface area contributed by atoms with Crippen molar-refractivity contribution in [2.24, 2.45) is 0 Å². The van der Waals surface area contributed by atoms with E-state index in [1.807, 2.05) is 13.0 Å². The highest BCUT2D eigenvalue weighted by atomic mass is 16.5. The van der Waals surface area contributed by atoms with Crippen molar-refractivity contribution in [3.8, 4) is 17.2 Å². The highest BCUT2D eigenvalue weighted by molar-refractivity contribution is 5.42. The molecule has 136 valence electrons. The number of methoxy groups -OCH3 is 2. The second kappa shape index (κ2) is 9.94. The van der Waals surface area contributed by atoms with Crippen molar-refractivity contribution in [2.75, 3.05) is 20.8 Å². The number of rotatable bonds is 10. The topological polar surface area (TPSA) is 47.9 Å². The van der Waals surface area contributed by atoms with Crippen molar-refractivity contribution in [1.29, 1.82) is 0 Å². The van der Waals surface area contributed by atoms with Gasteiger partial charge in [0.1, 0.15) is 12.4 Å². The molecule has 0 saturated carbocycles. The largest absolute Gasteiger partial charge is 0.493 e. The Bertz CT molecular complexity index is 932. The van der Waals surface area contributed by atoms with Gasteiger partial charge in [0.2, 0.25) is 0 Å². The summed E-state index contributed by atoms with van der Waals surface area (Å²) < 4.78 is 73.4. The van der Waals surface area contributed by atoms with E-state index in [0.29, 0.717) is 11.5 Å². The summed E-state index contributed by atoms with van der Waals surface area (Å²) in [6, 6.07) is 10.8. The number of benzene rings is 2. The number of ether oxygens (including phenoxy) is 3. The molecule has 0 aliphatic heterocycles. The molecular weight excluding hydrogens is 316 g/mol. The van der Waals surface area contributed by atoms with Crippen molar-refractivity contribution < 1.29 is 28.9 Å². The predicted octanol–water partition coefficient (Wildman–Crippen LogP) is 4.16. The summed E-state index contributed by atoms with van der Waals surface area (Å²) in [6.45, 7) is 1.06. The molecule has 0 aliphatic rings. The average Bonchev–Trinajstić information content (AvgIpc) is 2.70. The molecule has 2 aromatic rings. The van der Waals surface area contributed by atoms with Crippen LogP contribution in [0.5, 0.6) is 17.2 Å². The molecule has 1 N–H and O–H groups in total. The second-order valence-electron chi connectivity index (χ2n) is 5.28. The van der Waals surface area contributed by atoms with E-state index in [9.17, 15) is 5.11 Å². The summed E-state index contributed by atoms with van der Waals surface area (Å²) in [7, 11) is 2.77. The monoisotopic (exact) mass is 351 g/mol. The van der Waals surface area contributed by atoms with Crippen LogP contribution in [0.1, 0.15) is 39.9 Å². The van der Waals surface area contributed by atoms with E-state index in [-0.39, 0.29) is 11.3 Å². The van der Waals surface area contributed by atoms with E-state index in [1.54, 1.807) is 18.2 Å². The van der Waals surface area contributed by atoms with Crippen LogP contribution in [0.15, 0.2) is 42.5 Å². The molecular formula is C21H28O4. The van der Waals surface area contributed by atoms with Gasteiger partial charge < -0.3 is 19.3 Å². The molecule has 0 aliphatic carbocycles. The van der Waals surface area contributed by atoms with Crippen LogP contribution < -0.4 is 14.2 Å². The van der Waals surface area contributed by atoms with E-state index in [1.165, 1.54) is 32.4 Å². The number of aryl methyl sites for hydroxylation is 2. The van der Waals surface area contributed by atoms with Gasteiger partial charge in [0.25, 0.3) is 0 Å². The van der Waals surface area contributed by atoms with Gasteiger partial charge in [0, 0.05) is 8.22 Å². The Morgan fingerprint density at radius 1 is 1.12 bits per heavy atom. The zero-order chi connectivity index (χ0) is 24.4. The van der Waals surface area contributed by atoms with E-state index in [4.69, 9.17) is 23.8 Å². The third kappa shape index (κ3) is 6.31. The maximum Gasteiger partial charge on any atom is 0.160 e. The van der Waals surface area contributed by atoms with Crippen molar-refractivity contribution in [3.63, 3.8) is 0 Å². The molecule has 0 amide bonds. The molecule has 0 spiro atoms. The smallest absolute Gasteiger partial charge is 0.160 e. The summed E-state index contributed by atoms with van der Waals surface area (Å²) >= 11 is 0. The molecule has 4 heteroatoms. The molecule has 1 unspecified atom stereocenters. The average molecular weight is 351 g/mol. The predicted molar refractivity (Wildman–Crippen MR) is 99.8 cm³/mol. The minimum atomic E-state index is -2.84. The van der Waals surface area contributed by atoms with Crippen molar-refractivity contribution in [2.45, 2.75) is 38.5 Å². The van der Waals surface area contributed by atoms with Gasteiger partial charge in [-0.2, -0.15) is 0 Å². The van der Waals surface area contributed by atoms with Gasteiger partial charge in [-0.05, 0) is 61.4 Å². The lowest BCUT2D eigenvalue weighted by atomic mass is 10.0. The number of hydrogen-bond donors (Lipinski definition) is 1. The molecule has 4 nitrogen and oxygen atoms in total. The number of hydrogen-bond acceptors (Lipinski definition) is 4. The van der Waals surface area contributed by atoms with Crippen LogP contribution in [0.25, 0.3) is 0 Å². The second-order valence-corrected chi connectivity index (χ2v) is 5.28. The summed E-state index contributed by atoms with van der Waals surface area (Å²) in [4.78, 5) is 0. The van der Waals surface area contributed by atoms with E-state index >= 15 is 0 Å². The third-order valence-electron chi connectivity index (χ3n) is 3.36. The van der Waals surface area contributed by atoms with Crippen molar-refractivity contribution in [3.05, 3.63) is 53.6 Å². The molecule has 2 rings (SSSR count). The first-order chi connectivity index (χ1) is 14.7. The van der Waals surface area contributed by atoms with Gasteiger partial charge in [-0.1, -0.05) is 24.6 Å². The zero-order valence-electron chi connectivity index (χ0n) is 21.6. The normalized spacial score (nSPS) is 19.0. The van der Waals surface area contributed by atoms with Gasteiger partial charge in [0.05, 0.1) is 21.7 Å². The van der Waals surface area contributed by atoms with Gasteiger partial charge >= 0.3 is 0 Å². The van der Waals surface area contributed by atoms with Crippen LogP contribution >= 0.6 is 0 Å². The zero-order valence-corrected chi connectivity index (χ0v) is 14.6. The Balaban J connectivity index is 2.24. The molecule has 0 radical (unpaired) electrons. The fourth-order valence-electron chi connectivity index (χ4n) is 2.11. The molecule has 0 saturated heterocycles. The molecule has 0 fully saturated rings. The van der Waals surface area contributed by atoms with Crippen LogP contribution in [-0.2, 0) is 6.37 Å². The lowest BCUT2D eigenvalue weighted by Crippen LogP contribution is -2.17. The third-order valence-corrected chi connectivity index (χ3v) is 3.36. The summed E-state index contributed by atoms with van der Waals surface area (Å²) in [5.41, 5.74) is 0.777. The summed E-state index contributed by atoms with van der Waals surface area (Å²) in [5, 5.41) is 10.5. The van der Waals surface area contributed by atoms with E-state index in [2.05, 4.69) is 0 Å². The standard InChI is InChI=1S/C21H28O4/c1-16-7-6-10-19(13-16)25-15-18(22)9-5-4-8-17-11-12-20(23-2)21(14-17)24-3/h6-7,10-14,18,22H,4-5,8-9,15H2,1-3H3/i4D2,8D2,9D2,18D. The Morgan fingerprint density at radius 2 is 1.92 bits per heavy atom. The minimum Gasteiger partial charge on any atom is -0.493 e.